The predicted octanol–water partition coefficient (Wildman–Crippen LogP) is 3.88. The highest BCUT2D eigenvalue weighted by molar-refractivity contribution is 7.92. The van der Waals surface area contributed by atoms with Crippen LogP contribution in [0.15, 0.2) is 53.4 Å². The van der Waals surface area contributed by atoms with Gasteiger partial charge in [-0.1, -0.05) is 23.7 Å². The molecule has 0 aliphatic carbocycles. The van der Waals surface area contributed by atoms with Crippen molar-refractivity contribution in [3.05, 3.63) is 64.9 Å². The zero-order valence-corrected chi connectivity index (χ0v) is 16.3. The zero-order valence-electron chi connectivity index (χ0n) is 14.8. The van der Waals surface area contributed by atoms with E-state index in [0.717, 1.165) is 17.7 Å². The summed E-state index contributed by atoms with van der Waals surface area (Å²) < 4.78 is 38.4. The molecule has 7 heteroatoms. The second kappa shape index (κ2) is 8.40. The van der Waals surface area contributed by atoms with E-state index < -0.39 is 20.9 Å². The highest BCUT2D eigenvalue weighted by Gasteiger charge is 2.32. The first-order chi connectivity index (χ1) is 12.9. The van der Waals surface area contributed by atoms with Gasteiger partial charge in [-0.25, -0.2) is 12.8 Å². The second-order valence-corrected chi connectivity index (χ2v) is 9.37. The Morgan fingerprint density at radius 1 is 1.11 bits per heavy atom. The molecule has 0 unspecified atom stereocenters. The Bertz CT molecular complexity index is 907. The van der Waals surface area contributed by atoms with Gasteiger partial charge in [-0.2, -0.15) is 0 Å². The van der Waals surface area contributed by atoms with Crippen LogP contribution in [0, 0.1) is 5.82 Å². The molecule has 1 amide bonds. The molecule has 1 aliphatic rings. The predicted molar refractivity (Wildman–Crippen MR) is 103 cm³/mol. The number of hydrogen-bond acceptors (Lipinski definition) is 3. The molecule has 3 rings (SSSR count). The molecule has 0 bridgehead atoms. The molecule has 0 N–H and O–H groups in total. The van der Waals surface area contributed by atoms with E-state index in [2.05, 4.69) is 0 Å². The maximum Gasteiger partial charge on any atom is 0.222 e. The summed E-state index contributed by atoms with van der Waals surface area (Å²) in [5.41, 5.74) is 1.00. The molecular formula is C20H21ClFNO3S. The zero-order chi connectivity index (χ0) is 19.4. The van der Waals surface area contributed by atoms with Crippen molar-refractivity contribution in [2.45, 2.75) is 35.8 Å². The molecule has 144 valence electrons. The Morgan fingerprint density at radius 3 is 2.41 bits per heavy atom. The summed E-state index contributed by atoms with van der Waals surface area (Å²) in [6.07, 6.45) is 1.76. The standard InChI is InChI=1S/C20H21ClFNO3S/c21-16-3-1-2-15(14-16)4-9-20(24)23-12-10-19(11-13-23)27(25,26)18-7-5-17(22)6-8-18/h1-3,5-8,14,19H,4,9-13H2. The van der Waals surface area contributed by atoms with Crippen molar-refractivity contribution in [3.63, 3.8) is 0 Å². The van der Waals surface area contributed by atoms with Crippen LogP contribution in [0.1, 0.15) is 24.8 Å². The fraction of sp³-hybridized carbons (Fsp3) is 0.350. The van der Waals surface area contributed by atoms with Crippen LogP contribution in [0.2, 0.25) is 5.02 Å². The minimum Gasteiger partial charge on any atom is -0.343 e. The Morgan fingerprint density at radius 2 is 1.78 bits per heavy atom. The van der Waals surface area contributed by atoms with E-state index in [4.69, 9.17) is 11.6 Å². The number of rotatable bonds is 5. The van der Waals surface area contributed by atoms with Crippen molar-refractivity contribution in [3.8, 4) is 0 Å². The number of benzene rings is 2. The number of piperidine rings is 1. The molecule has 0 saturated carbocycles. The molecule has 1 heterocycles. The molecule has 1 aliphatic heterocycles. The van der Waals surface area contributed by atoms with Gasteiger partial charge in [0.2, 0.25) is 5.91 Å². The largest absolute Gasteiger partial charge is 0.343 e. The normalized spacial score (nSPS) is 15.7. The van der Waals surface area contributed by atoms with Crippen molar-refractivity contribution < 1.29 is 17.6 Å². The molecular weight excluding hydrogens is 389 g/mol. The van der Waals surface area contributed by atoms with Gasteiger partial charge >= 0.3 is 0 Å². The second-order valence-electron chi connectivity index (χ2n) is 6.71. The third kappa shape index (κ3) is 4.87. The van der Waals surface area contributed by atoms with Crippen LogP contribution in [0.3, 0.4) is 0 Å². The van der Waals surface area contributed by atoms with Gasteiger partial charge in [0, 0.05) is 24.5 Å². The Hall–Kier alpha value is -1.92. The smallest absolute Gasteiger partial charge is 0.222 e. The first-order valence-corrected chi connectivity index (χ1v) is 10.8. The van der Waals surface area contributed by atoms with Crippen LogP contribution in [0.4, 0.5) is 4.39 Å². The number of hydrogen-bond donors (Lipinski definition) is 0. The van der Waals surface area contributed by atoms with Crippen molar-refractivity contribution in [1.82, 2.24) is 4.90 Å². The van der Waals surface area contributed by atoms with Gasteiger partial charge in [0.15, 0.2) is 9.84 Å². The number of sulfone groups is 1. The minimum absolute atomic E-state index is 0.0209. The first kappa shape index (κ1) is 19.8. The van der Waals surface area contributed by atoms with Crippen LogP contribution in [0.25, 0.3) is 0 Å². The monoisotopic (exact) mass is 409 g/mol. The van der Waals surface area contributed by atoms with Crippen molar-refractivity contribution in [2.24, 2.45) is 0 Å². The molecule has 1 fully saturated rings. The fourth-order valence-electron chi connectivity index (χ4n) is 3.33. The van der Waals surface area contributed by atoms with Crippen LogP contribution in [-0.2, 0) is 21.1 Å². The number of likely N-dealkylation sites (tertiary alicyclic amines) is 1. The van der Waals surface area contributed by atoms with E-state index in [-0.39, 0.29) is 10.8 Å². The highest BCUT2D eigenvalue weighted by Crippen LogP contribution is 2.25. The van der Waals surface area contributed by atoms with E-state index in [1.165, 1.54) is 12.1 Å². The summed E-state index contributed by atoms with van der Waals surface area (Å²) in [6, 6.07) is 12.3. The van der Waals surface area contributed by atoms with Crippen LogP contribution in [0.5, 0.6) is 0 Å². The summed E-state index contributed by atoms with van der Waals surface area (Å²) in [4.78, 5) is 14.3. The maximum absolute atomic E-state index is 13.0. The quantitative estimate of drug-likeness (QED) is 0.704. The lowest BCUT2D eigenvalue weighted by atomic mass is 10.1. The summed E-state index contributed by atoms with van der Waals surface area (Å²) in [5.74, 6) is -0.443. The molecule has 0 radical (unpaired) electrons. The average molecular weight is 410 g/mol. The van der Waals surface area contributed by atoms with E-state index in [0.29, 0.717) is 43.8 Å². The van der Waals surface area contributed by atoms with Gasteiger partial charge in [-0.3, -0.25) is 4.79 Å². The average Bonchev–Trinajstić information content (AvgIpc) is 2.66. The summed E-state index contributed by atoms with van der Waals surface area (Å²) in [5, 5.41) is 0.103. The van der Waals surface area contributed by atoms with E-state index in [1.807, 2.05) is 18.2 Å². The molecule has 2 aromatic rings. The van der Waals surface area contributed by atoms with Crippen LogP contribution < -0.4 is 0 Å². The Balaban J connectivity index is 1.55. The van der Waals surface area contributed by atoms with Gasteiger partial charge in [0.25, 0.3) is 0 Å². The summed E-state index contributed by atoms with van der Waals surface area (Å²) >= 11 is 5.95. The number of halogens is 2. The lowest BCUT2D eigenvalue weighted by Gasteiger charge is -2.32. The summed E-state index contributed by atoms with van der Waals surface area (Å²) in [7, 11) is -3.51. The van der Waals surface area contributed by atoms with Gasteiger partial charge in [-0.05, 0) is 61.2 Å². The van der Waals surface area contributed by atoms with Gasteiger partial charge in [-0.15, -0.1) is 0 Å². The van der Waals surface area contributed by atoms with Gasteiger partial charge in [0.1, 0.15) is 5.82 Å². The third-order valence-electron chi connectivity index (χ3n) is 4.89. The topological polar surface area (TPSA) is 54.5 Å². The molecule has 0 spiro atoms. The van der Waals surface area contributed by atoms with Crippen LogP contribution in [-0.4, -0.2) is 37.6 Å². The SMILES string of the molecule is O=C(CCc1cccc(Cl)c1)N1CCC(S(=O)(=O)c2ccc(F)cc2)CC1. The lowest BCUT2D eigenvalue weighted by Crippen LogP contribution is -2.42. The first-order valence-electron chi connectivity index (χ1n) is 8.88. The maximum atomic E-state index is 13.0. The molecule has 0 atom stereocenters. The number of carbonyl (C=O) groups excluding carboxylic acids is 1. The van der Waals surface area contributed by atoms with Crippen molar-refractivity contribution in [1.29, 1.82) is 0 Å². The highest BCUT2D eigenvalue weighted by atomic mass is 35.5. The fourth-order valence-corrected chi connectivity index (χ4v) is 5.28. The Labute approximate surface area is 163 Å². The van der Waals surface area contributed by atoms with Gasteiger partial charge in [0.05, 0.1) is 10.1 Å². The molecule has 1 saturated heterocycles. The third-order valence-corrected chi connectivity index (χ3v) is 7.41. The van der Waals surface area contributed by atoms with Crippen molar-refractivity contribution >= 4 is 27.3 Å². The minimum atomic E-state index is -3.51. The Kier molecular flexibility index (Phi) is 6.17. The number of nitrogens with zero attached hydrogens (tertiary/aromatic N) is 1. The number of carbonyl (C=O) groups is 1. The summed E-state index contributed by atoms with van der Waals surface area (Å²) in [6.45, 7) is 0.832. The number of amides is 1. The molecule has 4 nitrogen and oxygen atoms in total. The number of aryl methyl sites for hydroxylation is 1. The molecule has 27 heavy (non-hydrogen) atoms. The molecule has 0 aromatic heterocycles. The van der Waals surface area contributed by atoms with Crippen LogP contribution >= 0.6 is 11.6 Å². The van der Waals surface area contributed by atoms with E-state index in [1.54, 1.807) is 11.0 Å². The van der Waals surface area contributed by atoms with E-state index in [9.17, 15) is 17.6 Å². The molecule has 2 aromatic carbocycles. The lowest BCUT2D eigenvalue weighted by molar-refractivity contribution is -0.132. The van der Waals surface area contributed by atoms with Gasteiger partial charge < -0.3 is 4.90 Å². The van der Waals surface area contributed by atoms with Crippen molar-refractivity contribution in [2.75, 3.05) is 13.1 Å². The van der Waals surface area contributed by atoms with E-state index >= 15 is 0 Å².